The Labute approximate surface area is 132 Å². The van der Waals surface area contributed by atoms with Crippen LogP contribution in [0.15, 0.2) is 34.8 Å². The van der Waals surface area contributed by atoms with Crippen LogP contribution in [-0.2, 0) is 0 Å². The number of anilines is 1. The van der Waals surface area contributed by atoms with Crippen molar-refractivity contribution in [3.63, 3.8) is 0 Å². The molecule has 2 nitrogen and oxygen atoms in total. The van der Waals surface area contributed by atoms with Crippen LogP contribution < -0.4 is 5.32 Å². The van der Waals surface area contributed by atoms with Gasteiger partial charge in [0.05, 0.1) is 0 Å². The summed E-state index contributed by atoms with van der Waals surface area (Å²) in [6.45, 7) is 5.89. The summed E-state index contributed by atoms with van der Waals surface area (Å²) in [4.78, 5) is 12.3. The van der Waals surface area contributed by atoms with Crippen LogP contribution in [0.25, 0.3) is 0 Å². The third kappa shape index (κ3) is 3.22. The van der Waals surface area contributed by atoms with Gasteiger partial charge in [-0.25, -0.2) is 0 Å². The zero-order valence-electron chi connectivity index (χ0n) is 11.6. The fourth-order valence-corrected chi connectivity index (χ4v) is 2.46. The van der Waals surface area contributed by atoms with E-state index in [4.69, 9.17) is 11.6 Å². The molecule has 4 heteroatoms. The Morgan fingerprint density at radius 1 is 1.05 bits per heavy atom. The molecule has 2 aromatic rings. The zero-order valence-corrected chi connectivity index (χ0v) is 13.9. The van der Waals surface area contributed by atoms with E-state index in [9.17, 15) is 4.79 Å². The second kappa shape index (κ2) is 5.98. The molecule has 0 aliphatic carbocycles. The summed E-state index contributed by atoms with van der Waals surface area (Å²) in [5, 5.41) is 3.48. The Bertz CT molecular complexity index is 659. The lowest BCUT2D eigenvalue weighted by molar-refractivity contribution is 0.102. The van der Waals surface area contributed by atoms with E-state index in [1.165, 1.54) is 0 Å². The summed E-state index contributed by atoms with van der Waals surface area (Å²) in [6.07, 6.45) is 0. The normalized spacial score (nSPS) is 10.4. The first kappa shape index (κ1) is 15.1. The maximum atomic E-state index is 12.3. The van der Waals surface area contributed by atoms with Crippen molar-refractivity contribution >= 4 is 39.1 Å². The Hall–Kier alpha value is -1.32. The van der Waals surface area contributed by atoms with Crippen LogP contribution in [0.1, 0.15) is 27.0 Å². The summed E-state index contributed by atoms with van der Waals surface area (Å²) in [5.41, 5.74) is 4.45. The van der Waals surface area contributed by atoms with Crippen molar-refractivity contribution in [3.05, 3.63) is 62.1 Å². The van der Waals surface area contributed by atoms with Crippen molar-refractivity contribution in [2.24, 2.45) is 0 Å². The lowest BCUT2D eigenvalue weighted by Crippen LogP contribution is -2.13. The maximum absolute atomic E-state index is 12.3. The Morgan fingerprint density at radius 2 is 1.65 bits per heavy atom. The topological polar surface area (TPSA) is 29.1 Å². The molecule has 0 radical (unpaired) electrons. The van der Waals surface area contributed by atoms with Gasteiger partial charge in [-0.05, 0) is 61.7 Å². The highest BCUT2D eigenvalue weighted by atomic mass is 79.9. The highest BCUT2D eigenvalue weighted by molar-refractivity contribution is 9.10. The van der Waals surface area contributed by atoms with Crippen LogP contribution in [0.2, 0.25) is 5.02 Å². The van der Waals surface area contributed by atoms with Gasteiger partial charge in [0.2, 0.25) is 0 Å². The predicted octanol–water partition coefficient (Wildman–Crippen LogP) is 5.28. The predicted molar refractivity (Wildman–Crippen MR) is 87.8 cm³/mol. The molecular formula is C16H15BrClNO. The first-order valence-electron chi connectivity index (χ1n) is 6.22. The lowest BCUT2D eigenvalue weighted by atomic mass is 10.1. The fraction of sp³-hybridized carbons (Fsp3) is 0.188. The van der Waals surface area contributed by atoms with E-state index < -0.39 is 0 Å². The standard InChI is InChI=1S/C16H15BrClNO/c1-9-4-5-12(18)8-14(9)16(20)19-13-6-10(2)15(17)11(3)7-13/h4-8H,1-3H3,(H,19,20). The number of aryl methyl sites for hydroxylation is 3. The SMILES string of the molecule is Cc1ccc(Cl)cc1C(=O)Nc1cc(C)c(Br)c(C)c1. The molecule has 0 aromatic heterocycles. The number of carbonyl (C=O) groups excluding carboxylic acids is 1. The van der Waals surface area contributed by atoms with Crippen LogP contribution in [0, 0.1) is 20.8 Å². The summed E-state index contributed by atoms with van der Waals surface area (Å²) < 4.78 is 1.06. The van der Waals surface area contributed by atoms with E-state index in [1.54, 1.807) is 12.1 Å². The van der Waals surface area contributed by atoms with E-state index in [0.29, 0.717) is 10.6 Å². The Kier molecular flexibility index (Phi) is 4.51. The van der Waals surface area contributed by atoms with Crippen LogP contribution in [-0.4, -0.2) is 5.91 Å². The molecule has 0 saturated heterocycles. The molecule has 2 aromatic carbocycles. The van der Waals surface area contributed by atoms with Crippen molar-refractivity contribution in [1.82, 2.24) is 0 Å². The van der Waals surface area contributed by atoms with Gasteiger partial charge < -0.3 is 5.32 Å². The Balaban J connectivity index is 2.30. The molecule has 0 fully saturated rings. The number of benzene rings is 2. The second-order valence-electron chi connectivity index (χ2n) is 4.84. The minimum Gasteiger partial charge on any atom is -0.322 e. The fourth-order valence-electron chi connectivity index (χ4n) is 2.06. The first-order chi connectivity index (χ1) is 9.38. The maximum Gasteiger partial charge on any atom is 0.255 e. The highest BCUT2D eigenvalue weighted by Crippen LogP contribution is 2.25. The number of carbonyl (C=O) groups is 1. The second-order valence-corrected chi connectivity index (χ2v) is 6.07. The number of nitrogens with one attached hydrogen (secondary N) is 1. The number of hydrogen-bond donors (Lipinski definition) is 1. The van der Waals surface area contributed by atoms with Crippen molar-refractivity contribution in [3.8, 4) is 0 Å². The molecule has 1 N–H and O–H groups in total. The van der Waals surface area contributed by atoms with E-state index in [2.05, 4.69) is 21.2 Å². The molecule has 0 aliphatic heterocycles. The molecule has 1 amide bonds. The number of amides is 1. The van der Waals surface area contributed by atoms with Crippen LogP contribution >= 0.6 is 27.5 Å². The van der Waals surface area contributed by atoms with Gasteiger partial charge in [-0.1, -0.05) is 33.6 Å². The molecule has 0 atom stereocenters. The number of halogens is 2. The molecule has 20 heavy (non-hydrogen) atoms. The van der Waals surface area contributed by atoms with E-state index >= 15 is 0 Å². The van der Waals surface area contributed by atoms with E-state index in [1.807, 2.05) is 39.0 Å². The molecule has 0 bridgehead atoms. The molecule has 0 heterocycles. The van der Waals surface area contributed by atoms with Crippen molar-refractivity contribution in [2.45, 2.75) is 20.8 Å². The largest absolute Gasteiger partial charge is 0.322 e. The average Bonchev–Trinajstić information content (AvgIpc) is 2.38. The molecular weight excluding hydrogens is 338 g/mol. The summed E-state index contributed by atoms with van der Waals surface area (Å²) in [5.74, 6) is -0.147. The van der Waals surface area contributed by atoms with Gasteiger partial charge in [0.15, 0.2) is 0 Å². The van der Waals surface area contributed by atoms with Crippen LogP contribution in [0.3, 0.4) is 0 Å². The van der Waals surface area contributed by atoms with E-state index in [-0.39, 0.29) is 5.91 Å². The zero-order chi connectivity index (χ0) is 14.9. The van der Waals surface area contributed by atoms with Gasteiger partial charge in [-0.2, -0.15) is 0 Å². The van der Waals surface area contributed by atoms with Crippen LogP contribution in [0.4, 0.5) is 5.69 Å². The number of hydrogen-bond acceptors (Lipinski definition) is 1. The molecule has 104 valence electrons. The molecule has 0 saturated carbocycles. The minimum absolute atomic E-state index is 0.147. The molecule has 0 spiro atoms. The minimum atomic E-state index is -0.147. The van der Waals surface area contributed by atoms with Gasteiger partial charge in [0.1, 0.15) is 0 Å². The van der Waals surface area contributed by atoms with Gasteiger partial charge in [0, 0.05) is 20.7 Å². The molecule has 0 aliphatic rings. The van der Waals surface area contributed by atoms with Gasteiger partial charge >= 0.3 is 0 Å². The van der Waals surface area contributed by atoms with Crippen molar-refractivity contribution < 1.29 is 4.79 Å². The summed E-state index contributed by atoms with van der Waals surface area (Å²) >= 11 is 9.46. The average molecular weight is 353 g/mol. The number of rotatable bonds is 2. The summed E-state index contributed by atoms with van der Waals surface area (Å²) in [7, 11) is 0. The van der Waals surface area contributed by atoms with Crippen LogP contribution in [0.5, 0.6) is 0 Å². The van der Waals surface area contributed by atoms with Crippen molar-refractivity contribution in [2.75, 3.05) is 5.32 Å². The lowest BCUT2D eigenvalue weighted by Gasteiger charge is -2.11. The molecule has 2 rings (SSSR count). The Morgan fingerprint density at radius 3 is 2.25 bits per heavy atom. The van der Waals surface area contributed by atoms with Crippen molar-refractivity contribution in [1.29, 1.82) is 0 Å². The first-order valence-corrected chi connectivity index (χ1v) is 7.40. The molecule has 0 unspecified atom stereocenters. The smallest absolute Gasteiger partial charge is 0.255 e. The summed E-state index contributed by atoms with van der Waals surface area (Å²) in [6, 6.07) is 9.19. The monoisotopic (exact) mass is 351 g/mol. The third-order valence-electron chi connectivity index (χ3n) is 3.14. The van der Waals surface area contributed by atoms with Gasteiger partial charge in [-0.15, -0.1) is 0 Å². The van der Waals surface area contributed by atoms with E-state index in [0.717, 1.165) is 26.9 Å². The highest BCUT2D eigenvalue weighted by Gasteiger charge is 2.11. The van der Waals surface area contributed by atoms with Gasteiger partial charge in [0.25, 0.3) is 5.91 Å². The quantitative estimate of drug-likeness (QED) is 0.782. The van der Waals surface area contributed by atoms with Gasteiger partial charge in [-0.3, -0.25) is 4.79 Å². The third-order valence-corrected chi connectivity index (χ3v) is 4.62.